The molecule has 0 radical (unpaired) electrons. The summed E-state index contributed by atoms with van der Waals surface area (Å²) in [5.41, 5.74) is -0.532. The van der Waals surface area contributed by atoms with E-state index in [9.17, 15) is 18.0 Å². The van der Waals surface area contributed by atoms with Crippen molar-refractivity contribution < 1.29 is 31.6 Å². The predicted octanol–water partition coefficient (Wildman–Crippen LogP) is 2.33. The van der Waals surface area contributed by atoms with Gasteiger partial charge in [0, 0.05) is 25.6 Å². The molecule has 0 aliphatic carbocycles. The van der Waals surface area contributed by atoms with E-state index in [1.165, 1.54) is 16.2 Å². The Hall–Kier alpha value is -2.03. The van der Waals surface area contributed by atoms with Gasteiger partial charge in [-0.05, 0) is 46.5 Å². The second kappa shape index (κ2) is 8.39. The molecule has 1 N–H and O–H groups in total. The molecule has 0 spiro atoms. The molecule has 14 heteroatoms. The van der Waals surface area contributed by atoms with Crippen LogP contribution in [-0.4, -0.2) is 81.4 Å². The number of aromatic nitrogens is 2. The summed E-state index contributed by atoms with van der Waals surface area (Å²) < 4.78 is 40.9. The van der Waals surface area contributed by atoms with Gasteiger partial charge in [0.1, 0.15) is 15.6 Å². The highest BCUT2D eigenvalue weighted by Crippen LogP contribution is 2.41. The van der Waals surface area contributed by atoms with Gasteiger partial charge in [-0.25, -0.2) is 9.59 Å². The molecule has 32 heavy (non-hydrogen) atoms. The molecule has 3 fully saturated rings. The van der Waals surface area contributed by atoms with E-state index in [0.29, 0.717) is 37.5 Å². The molecule has 4 heterocycles. The van der Waals surface area contributed by atoms with Crippen LogP contribution >= 0.6 is 11.3 Å². The van der Waals surface area contributed by atoms with Crippen molar-refractivity contribution in [2.45, 2.75) is 70.1 Å². The fourth-order valence-corrected chi connectivity index (χ4v) is 5.82. The average molecular weight is 490 g/mol. The first-order chi connectivity index (χ1) is 14.9. The number of piperidine rings is 2. The van der Waals surface area contributed by atoms with Gasteiger partial charge in [0.25, 0.3) is 0 Å². The fourth-order valence-electron chi connectivity index (χ4n) is 4.27. The standard InChI is InChI=1S/C18H27N5O7S2/c1-18(2,3)29-17(25)21-8-6-11(7-9-21)14-19-20-15(31-14)13-5-4-12-10-22(13)16(24)23(12)30-32(26,27)28/h11-13H,4-10H2,1-3H3,(H,26,27,28)/t12-,13+/m1/s1. The summed E-state index contributed by atoms with van der Waals surface area (Å²) in [6.45, 7) is 6.97. The molecule has 2 bridgehead atoms. The number of carbonyl (C=O) groups excluding carboxylic acids is 2. The lowest BCUT2D eigenvalue weighted by molar-refractivity contribution is -0.0317. The second-order valence-corrected chi connectivity index (χ2v) is 11.3. The van der Waals surface area contributed by atoms with Gasteiger partial charge < -0.3 is 14.5 Å². The third-order valence-corrected chi connectivity index (χ3v) is 7.27. The molecule has 3 aliphatic heterocycles. The Kier molecular flexibility index (Phi) is 6.07. The highest BCUT2D eigenvalue weighted by atomic mass is 32.3. The van der Waals surface area contributed by atoms with E-state index in [2.05, 4.69) is 14.5 Å². The number of likely N-dealkylation sites (tertiary alicyclic amines) is 1. The van der Waals surface area contributed by atoms with Crippen molar-refractivity contribution in [1.29, 1.82) is 0 Å². The molecular weight excluding hydrogens is 462 g/mol. The van der Waals surface area contributed by atoms with Crippen LogP contribution in [0.5, 0.6) is 0 Å². The highest BCUT2D eigenvalue weighted by molar-refractivity contribution is 7.80. The van der Waals surface area contributed by atoms with E-state index in [1.807, 2.05) is 20.8 Å². The lowest BCUT2D eigenvalue weighted by atomic mass is 9.98. The maximum Gasteiger partial charge on any atom is 0.418 e. The molecule has 0 aromatic carbocycles. The summed E-state index contributed by atoms with van der Waals surface area (Å²) in [6.07, 6.45) is 2.30. The van der Waals surface area contributed by atoms with Crippen LogP contribution in [0, 0.1) is 0 Å². The molecule has 3 amide bonds. The SMILES string of the molecule is CC(C)(C)OC(=O)N1CCC(c2nnc([C@@H]3CC[C@@H]4CN3C(=O)N4OS(=O)(=O)O)s2)CC1. The summed E-state index contributed by atoms with van der Waals surface area (Å²) in [5.74, 6) is 0.171. The van der Waals surface area contributed by atoms with Crippen LogP contribution in [0.4, 0.5) is 9.59 Å². The zero-order valence-electron chi connectivity index (χ0n) is 18.1. The van der Waals surface area contributed by atoms with Gasteiger partial charge in [0.05, 0.1) is 12.1 Å². The number of hydroxylamine groups is 2. The Labute approximate surface area is 190 Å². The summed E-state index contributed by atoms with van der Waals surface area (Å²) in [4.78, 5) is 28.1. The first kappa shape index (κ1) is 23.1. The second-order valence-electron chi connectivity index (χ2n) is 9.23. The number of urea groups is 1. The molecule has 12 nitrogen and oxygen atoms in total. The van der Waals surface area contributed by atoms with Gasteiger partial charge >= 0.3 is 22.5 Å². The van der Waals surface area contributed by atoms with Crippen molar-refractivity contribution in [3.05, 3.63) is 10.0 Å². The largest absolute Gasteiger partial charge is 0.444 e. The average Bonchev–Trinajstić information content (AvgIpc) is 3.27. The topological polar surface area (TPSA) is 142 Å². The Balaban J connectivity index is 1.38. The Morgan fingerprint density at radius 2 is 1.78 bits per heavy atom. The first-order valence-corrected chi connectivity index (χ1v) is 12.7. The third-order valence-electron chi connectivity index (χ3n) is 5.73. The van der Waals surface area contributed by atoms with E-state index < -0.39 is 28.1 Å². The number of rotatable bonds is 4. The molecule has 0 unspecified atom stereocenters. The highest BCUT2D eigenvalue weighted by Gasteiger charge is 2.48. The van der Waals surface area contributed by atoms with Gasteiger partial charge in [-0.3, -0.25) is 4.55 Å². The van der Waals surface area contributed by atoms with E-state index >= 15 is 0 Å². The maximum absolute atomic E-state index is 12.6. The molecule has 178 valence electrons. The number of fused-ring (bicyclic) bond motifs is 2. The number of hydrogen-bond donors (Lipinski definition) is 1. The lowest BCUT2D eigenvalue weighted by Gasteiger charge is -2.32. The van der Waals surface area contributed by atoms with Gasteiger partial charge in [-0.1, -0.05) is 11.3 Å². The zero-order chi connectivity index (χ0) is 23.3. The summed E-state index contributed by atoms with van der Waals surface area (Å²) >= 11 is 1.44. The van der Waals surface area contributed by atoms with Crippen molar-refractivity contribution in [3.8, 4) is 0 Å². The lowest BCUT2D eigenvalue weighted by Crippen LogP contribution is -2.41. The van der Waals surface area contributed by atoms with Crippen molar-refractivity contribution in [2.75, 3.05) is 19.6 Å². The van der Waals surface area contributed by atoms with E-state index in [0.717, 1.165) is 22.9 Å². The molecule has 1 aromatic heterocycles. The number of carbonyl (C=O) groups is 2. The van der Waals surface area contributed by atoms with Crippen LogP contribution in [0.15, 0.2) is 0 Å². The number of ether oxygens (including phenoxy) is 1. The summed E-state index contributed by atoms with van der Waals surface area (Å²) in [7, 11) is -4.78. The van der Waals surface area contributed by atoms with Crippen LogP contribution in [0.2, 0.25) is 0 Å². The number of nitrogens with zero attached hydrogens (tertiary/aromatic N) is 5. The summed E-state index contributed by atoms with van der Waals surface area (Å²) in [6, 6.07) is -1.37. The molecule has 0 saturated carbocycles. The smallest absolute Gasteiger partial charge is 0.418 e. The van der Waals surface area contributed by atoms with Gasteiger partial charge in [-0.15, -0.1) is 14.5 Å². The summed E-state index contributed by atoms with van der Waals surface area (Å²) in [5, 5.41) is 10.9. The minimum Gasteiger partial charge on any atom is -0.444 e. The molecule has 3 saturated heterocycles. The Morgan fingerprint density at radius 3 is 2.41 bits per heavy atom. The first-order valence-electron chi connectivity index (χ1n) is 10.5. The van der Waals surface area contributed by atoms with Crippen molar-refractivity contribution in [2.24, 2.45) is 0 Å². The van der Waals surface area contributed by atoms with E-state index in [-0.39, 0.29) is 18.1 Å². The van der Waals surface area contributed by atoms with Crippen LogP contribution in [0.3, 0.4) is 0 Å². The van der Waals surface area contributed by atoms with Crippen molar-refractivity contribution in [1.82, 2.24) is 25.1 Å². The normalized spacial score (nSPS) is 24.9. The van der Waals surface area contributed by atoms with Crippen LogP contribution < -0.4 is 0 Å². The third kappa shape index (κ3) is 4.97. The Morgan fingerprint density at radius 1 is 1.12 bits per heavy atom. The minimum atomic E-state index is -4.78. The van der Waals surface area contributed by atoms with Crippen LogP contribution in [-0.2, 0) is 19.4 Å². The van der Waals surface area contributed by atoms with Crippen LogP contribution in [0.25, 0.3) is 0 Å². The Bertz CT molecular complexity index is 984. The maximum atomic E-state index is 12.6. The van der Waals surface area contributed by atoms with Gasteiger partial charge in [0.15, 0.2) is 0 Å². The molecule has 2 atom stereocenters. The van der Waals surface area contributed by atoms with E-state index in [1.54, 1.807) is 4.90 Å². The molecule has 3 aliphatic rings. The molecular formula is C18H27N5O7S2. The molecule has 1 aromatic rings. The van der Waals surface area contributed by atoms with Gasteiger partial charge in [-0.2, -0.15) is 13.5 Å². The van der Waals surface area contributed by atoms with E-state index in [4.69, 9.17) is 9.29 Å². The van der Waals surface area contributed by atoms with Crippen molar-refractivity contribution in [3.63, 3.8) is 0 Å². The predicted molar refractivity (Wildman–Crippen MR) is 112 cm³/mol. The zero-order valence-corrected chi connectivity index (χ0v) is 19.8. The minimum absolute atomic E-state index is 0.171. The molecule has 4 rings (SSSR count). The number of hydrogen-bond acceptors (Lipinski definition) is 9. The monoisotopic (exact) mass is 489 g/mol. The quantitative estimate of drug-likeness (QED) is 0.630. The van der Waals surface area contributed by atoms with Crippen molar-refractivity contribution >= 4 is 33.9 Å². The fraction of sp³-hybridized carbons (Fsp3) is 0.778. The van der Waals surface area contributed by atoms with Gasteiger partial charge in [0.2, 0.25) is 0 Å². The van der Waals surface area contributed by atoms with Crippen LogP contribution in [0.1, 0.15) is 68.4 Å². The number of amides is 3.